The van der Waals surface area contributed by atoms with Crippen LogP contribution in [0.15, 0.2) is 66.7 Å². The van der Waals surface area contributed by atoms with Crippen LogP contribution in [0, 0.1) is 20.8 Å². The number of carbonyl (C=O) groups is 1. The molecule has 7 nitrogen and oxygen atoms in total. The summed E-state index contributed by atoms with van der Waals surface area (Å²) >= 11 is 0. The molecule has 2 aromatic heterocycles. The summed E-state index contributed by atoms with van der Waals surface area (Å²) in [4.78, 5) is 12.4. The molecule has 7 heteroatoms. The zero-order chi connectivity index (χ0) is 21.1. The van der Waals surface area contributed by atoms with Crippen LogP contribution in [-0.2, 0) is 0 Å². The van der Waals surface area contributed by atoms with Crippen molar-refractivity contribution in [3.63, 3.8) is 0 Å². The third-order valence-corrected chi connectivity index (χ3v) is 4.58. The van der Waals surface area contributed by atoms with Crippen LogP contribution < -0.4 is 10.1 Å². The molecular formula is C23H21N5O2. The van der Waals surface area contributed by atoms with E-state index in [1.54, 1.807) is 47.1 Å². The monoisotopic (exact) mass is 399 g/mol. The standard InChI is InChI=1S/C23H21N5O2/c1-15-6-4-5-7-20(15)23(29)24-18-8-10-19(11-9-18)30-22-13-12-21(25-26-22)28-17(3)14-16(2)27-28/h4-14H,1-3H3,(H,24,29). The van der Waals surface area contributed by atoms with Crippen LogP contribution in [0.1, 0.15) is 27.3 Å². The molecule has 0 spiro atoms. The van der Waals surface area contributed by atoms with Gasteiger partial charge in [0.25, 0.3) is 5.91 Å². The van der Waals surface area contributed by atoms with E-state index in [0.717, 1.165) is 17.0 Å². The quantitative estimate of drug-likeness (QED) is 0.529. The highest BCUT2D eigenvalue weighted by molar-refractivity contribution is 6.05. The smallest absolute Gasteiger partial charge is 0.255 e. The van der Waals surface area contributed by atoms with Gasteiger partial charge in [-0.2, -0.15) is 5.10 Å². The second kappa shape index (κ2) is 8.16. The topological polar surface area (TPSA) is 81.9 Å². The molecule has 0 saturated carbocycles. The molecule has 0 radical (unpaired) electrons. The summed E-state index contributed by atoms with van der Waals surface area (Å²) in [5, 5.41) is 15.6. The lowest BCUT2D eigenvalue weighted by Gasteiger charge is -2.09. The van der Waals surface area contributed by atoms with E-state index in [9.17, 15) is 4.79 Å². The fourth-order valence-electron chi connectivity index (χ4n) is 3.09. The van der Waals surface area contributed by atoms with Crippen molar-refractivity contribution in [1.29, 1.82) is 0 Å². The number of anilines is 1. The Kier molecular flexibility index (Phi) is 5.26. The number of amides is 1. The Morgan fingerprint density at radius 2 is 1.70 bits per heavy atom. The largest absolute Gasteiger partial charge is 0.438 e. The second-order valence-corrected chi connectivity index (χ2v) is 6.96. The molecule has 0 bridgehead atoms. The first kappa shape index (κ1) is 19.3. The lowest BCUT2D eigenvalue weighted by atomic mass is 10.1. The van der Waals surface area contributed by atoms with E-state index in [2.05, 4.69) is 20.6 Å². The maximum absolute atomic E-state index is 12.4. The molecular weight excluding hydrogens is 378 g/mol. The third kappa shape index (κ3) is 4.20. The van der Waals surface area contributed by atoms with E-state index in [-0.39, 0.29) is 5.91 Å². The molecule has 0 fully saturated rings. The van der Waals surface area contributed by atoms with Gasteiger partial charge >= 0.3 is 0 Å². The summed E-state index contributed by atoms with van der Waals surface area (Å²) in [5.74, 6) is 1.45. The number of nitrogens with one attached hydrogen (secondary N) is 1. The van der Waals surface area contributed by atoms with Crippen molar-refractivity contribution in [2.24, 2.45) is 0 Å². The minimum atomic E-state index is -0.146. The lowest BCUT2D eigenvalue weighted by molar-refractivity contribution is 0.102. The normalized spacial score (nSPS) is 10.6. The van der Waals surface area contributed by atoms with Crippen molar-refractivity contribution < 1.29 is 9.53 Å². The first-order valence-electron chi connectivity index (χ1n) is 9.52. The van der Waals surface area contributed by atoms with Gasteiger partial charge in [-0.25, -0.2) is 4.68 Å². The number of aryl methyl sites for hydroxylation is 3. The highest BCUT2D eigenvalue weighted by Crippen LogP contribution is 2.22. The minimum Gasteiger partial charge on any atom is -0.438 e. The predicted molar refractivity (Wildman–Crippen MR) is 114 cm³/mol. The average molecular weight is 399 g/mol. The molecule has 150 valence electrons. The molecule has 30 heavy (non-hydrogen) atoms. The third-order valence-electron chi connectivity index (χ3n) is 4.58. The highest BCUT2D eigenvalue weighted by atomic mass is 16.5. The molecule has 2 aromatic carbocycles. The molecule has 4 aromatic rings. The van der Waals surface area contributed by atoms with E-state index in [1.165, 1.54) is 0 Å². The van der Waals surface area contributed by atoms with Gasteiger partial charge in [-0.1, -0.05) is 18.2 Å². The van der Waals surface area contributed by atoms with Gasteiger partial charge in [0, 0.05) is 23.0 Å². The number of hydrogen-bond acceptors (Lipinski definition) is 5. The van der Waals surface area contributed by atoms with E-state index in [1.807, 2.05) is 45.0 Å². The molecule has 0 aliphatic heterocycles. The van der Waals surface area contributed by atoms with E-state index >= 15 is 0 Å². The van der Waals surface area contributed by atoms with E-state index in [0.29, 0.717) is 28.7 Å². The number of aromatic nitrogens is 4. The van der Waals surface area contributed by atoms with Crippen molar-refractivity contribution in [3.05, 3.63) is 89.2 Å². The van der Waals surface area contributed by atoms with Crippen molar-refractivity contribution in [3.8, 4) is 17.4 Å². The Balaban J connectivity index is 1.42. The Hall–Kier alpha value is -4.00. The van der Waals surface area contributed by atoms with E-state index in [4.69, 9.17) is 4.74 Å². The average Bonchev–Trinajstić information content (AvgIpc) is 3.08. The van der Waals surface area contributed by atoms with Gasteiger partial charge in [0.1, 0.15) is 5.75 Å². The second-order valence-electron chi connectivity index (χ2n) is 6.96. The van der Waals surface area contributed by atoms with Gasteiger partial charge in [0.05, 0.1) is 5.69 Å². The van der Waals surface area contributed by atoms with Gasteiger partial charge in [-0.05, 0) is 68.8 Å². The molecule has 1 N–H and O–H groups in total. The summed E-state index contributed by atoms with van der Waals surface area (Å²) in [6.07, 6.45) is 0. The van der Waals surface area contributed by atoms with Crippen LogP contribution in [0.5, 0.6) is 11.6 Å². The Labute approximate surface area is 174 Å². The van der Waals surface area contributed by atoms with Gasteiger partial charge < -0.3 is 10.1 Å². The predicted octanol–water partition coefficient (Wildman–Crippen LogP) is 4.63. The lowest BCUT2D eigenvalue weighted by Crippen LogP contribution is -2.13. The molecule has 1 amide bonds. The summed E-state index contributed by atoms with van der Waals surface area (Å²) in [5.41, 5.74) is 4.16. The Morgan fingerprint density at radius 1 is 0.933 bits per heavy atom. The van der Waals surface area contributed by atoms with Gasteiger partial charge in [0.2, 0.25) is 5.88 Å². The van der Waals surface area contributed by atoms with Crippen LogP contribution in [0.3, 0.4) is 0 Å². The van der Waals surface area contributed by atoms with Crippen LogP contribution in [0.4, 0.5) is 5.69 Å². The van der Waals surface area contributed by atoms with Gasteiger partial charge in [-0.3, -0.25) is 4.79 Å². The fraction of sp³-hybridized carbons (Fsp3) is 0.130. The minimum absolute atomic E-state index is 0.146. The van der Waals surface area contributed by atoms with Crippen molar-refractivity contribution in [1.82, 2.24) is 20.0 Å². The number of rotatable bonds is 5. The number of carbonyl (C=O) groups excluding carboxylic acids is 1. The van der Waals surface area contributed by atoms with E-state index < -0.39 is 0 Å². The van der Waals surface area contributed by atoms with Gasteiger partial charge in [0.15, 0.2) is 5.82 Å². The zero-order valence-electron chi connectivity index (χ0n) is 17.0. The van der Waals surface area contributed by atoms with Crippen LogP contribution in [-0.4, -0.2) is 25.9 Å². The van der Waals surface area contributed by atoms with Crippen LogP contribution in [0.25, 0.3) is 5.82 Å². The molecule has 0 aliphatic rings. The van der Waals surface area contributed by atoms with Crippen molar-refractivity contribution in [2.45, 2.75) is 20.8 Å². The maximum atomic E-state index is 12.4. The summed E-state index contributed by atoms with van der Waals surface area (Å²) < 4.78 is 7.49. The molecule has 0 saturated heterocycles. The Bertz CT molecular complexity index is 1180. The van der Waals surface area contributed by atoms with Crippen LogP contribution >= 0.6 is 0 Å². The van der Waals surface area contributed by atoms with Gasteiger partial charge in [-0.15, -0.1) is 10.2 Å². The summed E-state index contributed by atoms with van der Waals surface area (Å²) in [6, 6.07) is 20.1. The Morgan fingerprint density at radius 3 is 2.33 bits per heavy atom. The zero-order valence-corrected chi connectivity index (χ0v) is 17.0. The molecule has 4 rings (SSSR count). The molecule has 0 atom stereocenters. The molecule has 0 unspecified atom stereocenters. The molecule has 0 aliphatic carbocycles. The SMILES string of the molecule is Cc1cc(C)n(-c2ccc(Oc3ccc(NC(=O)c4ccccc4C)cc3)nn2)n1. The summed E-state index contributed by atoms with van der Waals surface area (Å²) in [7, 11) is 0. The maximum Gasteiger partial charge on any atom is 0.255 e. The highest BCUT2D eigenvalue weighted by Gasteiger charge is 2.09. The fourth-order valence-corrected chi connectivity index (χ4v) is 3.09. The number of ether oxygens (including phenoxy) is 1. The number of hydrogen-bond donors (Lipinski definition) is 1. The number of benzene rings is 2. The molecule has 2 heterocycles. The summed E-state index contributed by atoms with van der Waals surface area (Å²) in [6.45, 7) is 5.81. The first-order valence-corrected chi connectivity index (χ1v) is 9.52. The van der Waals surface area contributed by atoms with Crippen molar-refractivity contribution in [2.75, 3.05) is 5.32 Å². The van der Waals surface area contributed by atoms with Crippen molar-refractivity contribution >= 4 is 11.6 Å². The first-order chi connectivity index (χ1) is 14.5. The van der Waals surface area contributed by atoms with Crippen LogP contribution in [0.2, 0.25) is 0 Å². The number of nitrogens with zero attached hydrogens (tertiary/aromatic N) is 4.